The fraction of sp³-hybridized carbons (Fsp3) is 0.462. The molecule has 3 heterocycles. The molecule has 17 heavy (non-hydrogen) atoms. The molecule has 1 aliphatic heterocycles. The molecular weight excluding hydrogens is 230 g/mol. The Labute approximate surface area is 105 Å². The van der Waals surface area contributed by atoms with Crippen LogP contribution in [-0.4, -0.2) is 24.1 Å². The third-order valence-corrected chi connectivity index (χ3v) is 4.19. The van der Waals surface area contributed by atoms with E-state index in [0.717, 1.165) is 18.9 Å². The lowest BCUT2D eigenvalue weighted by Gasteiger charge is -2.23. The maximum atomic E-state index is 4.43. The quantitative estimate of drug-likeness (QED) is 0.875. The molecular formula is C13H17N3S. The predicted octanol–water partition coefficient (Wildman–Crippen LogP) is 2.85. The Morgan fingerprint density at radius 2 is 2.41 bits per heavy atom. The lowest BCUT2D eigenvalue weighted by atomic mass is 10.1. The highest BCUT2D eigenvalue weighted by atomic mass is 32.1. The van der Waals surface area contributed by atoms with Crippen LogP contribution in [0, 0.1) is 0 Å². The Morgan fingerprint density at radius 3 is 3.29 bits per heavy atom. The molecule has 0 radical (unpaired) electrons. The standard InChI is InChI=1S/C13H17N3S/c1-2-6-14-10(3-1)9-16-13-11-5-8-17-12(11)4-7-15-13/h4-5,7-8,10,14H,1-3,6,9H2,(H,15,16). The zero-order chi connectivity index (χ0) is 11.5. The van der Waals surface area contributed by atoms with Gasteiger partial charge in [0.1, 0.15) is 5.82 Å². The maximum Gasteiger partial charge on any atom is 0.134 e. The number of nitrogens with zero attached hydrogens (tertiary/aromatic N) is 1. The number of aromatic nitrogens is 1. The zero-order valence-corrected chi connectivity index (χ0v) is 10.6. The van der Waals surface area contributed by atoms with Crippen LogP contribution in [0.5, 0.6) is 0 Å². The Morgan fingerprint density at radius 1 is 1.41 bits per heavy atom. The highest BCUT2D eigenvalue weighted by Gasteiger charge is 2.12. The monoisotopic (exact) mass is 247 g/mol. The maximum absolute atomic E-state index is 4.43. The van der Waals surface area contributed by atoms with Crippen molar-refractivity contribution in [1.82, 2.24) is 10.3 Å². The molecule has 3 rings (SSSR count). The summed E-state index contributed by atoms with van der Waals surface area (Å²) in [6.45, 7) is 2.13. The molecule has 1 fully saturated rings. The molecule has 2 N–H and O–H groups in total. The molecule has 0 saturated carbocycles. The summed E-state index contributed by atoms with van der Waals surface area (Å²) in [6, 6.07) is 4.81. The van der Waals surface area contributed by atoms with Gasteiger partial charge in [0.15, 0.2) is 0 Å². The Bertz CT molecular complexity index is 488. The Hall–Kier alpha value is -1.13. The lowest BCUT2D eigenvalue weighted by molar-refractivity contribution is 0.414. The van der Waals surface area contributed by atoms with E-state index >= 15 is 0 Å². The van der Waals surface area contributed by atoms with Crippen molar-refractivity contribution in [2.75, 3.05) is 18.4 Å². The van der Waals surface area contributed by atoms with Gasteiger partial charge in [-0.05, 0) is 36.9 Å². The van der Waals surface area contributed by atoms with Crippen LogP contribution in [0.25, 0.3) is 10.1 Å². The van der Waals surface area contributed by atoms with Crippen LogP contribution in [0.2, 0.25) is 0 Å². The molecule has 1 unspecified atom stereocenters. The van der Waals surface area contributed by atoms with Crippen molar-refractivity contribution in [3.63, 3.8) is 0 Å². The van der Waals surface area contributed by atoms with Crippen LogP contribution >= 0.6 is 11.3 Å². The summed E-state index contributed by atoms with van der Waals surface area (Å²) in [6.07, 6.45) is 5.81. The molecule has 1 aliphatic rings. The fourth-order valence-corrected chi connectivity index (χ4v) is 3.14. The fourth-order valence-electron chi connectivity index (χ4n) is 2.35. The molecule has 90 valence electrons. The van der Waals surface area contributed by atoms with Gasteiger partial charge in [0.2, 0.25) is 0 Å². The van der Waals surface area contributed by atoms with Gasteiger partial charge < -0.3 is 10.6 Å². The molecule has 2 aromatic rings. The van der Waals surface area contributed by atoms with E-state index in [1.165, 1.54) is 29.3 Å². The van der Waals surface area contributed by atoms with Crippen LogP contribution in [0.1, 0.15) is 19.3 Å². The zero-order valence-electron chi connectivity index (χ0n) is 9.78. The number of thiophene rings is 1. The highest BCUT2D eigenvalue weighted by molar-refractivity contribution is 7.17. The second-order valence-electron chi connectivity index (χ2n) is 4.52. The number of pyridine rings is 1. The van der Waals surface area contributed by atoms with Crippen LogP contribution in [0.15, 0.2) is 23.7 Å². The second kappa shape index (κ2) is 5.02. The first-order valence-electron chi connectivity index (χ1n) is 6.23. The van der Waals surface area contributed by atoms with Crippen molar-refractivity contribution < 1.29 is 0 Å². The number of hydrogen-bond donors (Lipinski definition) is 2. The van der Waals surface area contributed by atoms with Gasteiger partial charge >= 0.3 is 0 Å². The molecule has 4 heteroatoms. The van der Waals surface area contributed by atoms with Crippen LogP contribution < -0.4 is 10.6 Å². The van der Waals surface area contributed by atoms with Gasteiger partial charge in [0, 0.05) is 28.9 Å². The number of nitrogens with one attached hydrogen (secondary N) is 2. The van der Waals surface area contributed by atoms with Gasteiger partial charge in [-0.3, -0.25) is 0 Å². The third-order valence-electron chi connectivity index (χ3n) is 3.31. The van der Waals surface area contributed by atoms with Crippen LogP contribution in [0.3, 0.4) is 0 Å². The normalized spacial score (nSPS) is 20.6. The summed E-state index contributed by atoms with van der Waals surface area (Å²) in [4.78, 5) is 4.43. The SMILES string of the molecule is c1cc2sccc2c(NCC2CCCCN2)n1. The van der Waals surface area contributed by atoms with Gasteiger partial charge in [-0.15, -0.1) is 11.3 Å². The predicted molar refractivity (Wildman–Crippen MR) is 73.8 cm³/mol. The summed E-state index contributed by atoms with van der Waals surface area (Å²) in [5, 5.41) is 10.4. The first-order chi connectivity index (χ1) is 8.43. The highest BCUT2D eigenvalue weighted by Crippen LogP contribution is 2.25. The topological polar surface area (TPSA) is 37.0 Å². The number of hydrogen-bond acceptors (Lipinski definition) is 4. The molecule has 0 spiro atoms. The molecule has 1 atom stereocenters. The van der Waals surface area contributed by atoms with Crippen LogP contribution in [0.4, 0.5) is 5.82 Å². The van der Waals surface area contributed by atoms with E-state index in [1.54, 1.807) is 11.3 Å². The van der Waals surface area contributed by atoms with E-state index in [9.17, 15) is 0 Å². The largest absolute Gasteiger partial charge is 0.368 e. The number of rotatable bonds is 3. The minimum atomic E-state index is 0.597. The molecule has 1 saturated heterocycles. The molecule has 0 amide bonds. The smallest absolute Gasteiger partial charge is 0.134 e. The summed E-state index contributed by atoms with van der Waals surface area (Å²) in [7, 11) is 0. The van der Waals surface area contributed by atoms with E-state index in [1.807, 2.05) is 6.20 Å². The average molecular weight is 247 g/mol. The molecule has 0 bridgehead atoms. The van der Waals surface area contributed by atoms with Crippen molar-refractivity contribution in [2.24, 2.45) is 0 Å². The van der Waals surface area contributed by atoms with Crippen molar-refractivity contribution in [2.45, 2.75) is 25.3 Å². The van der Waals surface area contributed by atoms with E-state index in [2.05, 4.69) is 33.1 Å². The number of anilines is 1. The van der Waals surface area contributed by atoms with Crippen molar-refractivity contribution in [1.29, 1.82) is 0 Å². The summed E-state index contributed by atoms with van der Waals surface area (Å²) in [5.74, 6) is 1.02. The van der Waals surface area contributed by atoms with E-state index in [4.69, 9.17) is 0 Å². The molecule has 0 aliphatic carbocycles. The average Bonchev–Trinajstić information content (AvgIpc) is 2.86. The van der Waals surface area contributed by atoms with Gasteiger partial charge in [-0.1, -0.05) is 6.42 Å². The minimum Gasteiger partial charge on any atom is -0.368 e. The van der Waals surface area contributed by atoms with E-state index in [-0.39, 0.29) is 0 Å². The molecule has 2 aromatic heterocycles. The number of fused-ring (bicyclic) bond motifs is 1. The van der Waals surface area contributed by atoms with Crippen LogP contribution in [-0.2, 0) is 0 Å². The second-order valence-corrected chi connectivity index (χ2v) is 5.47. The van der Waals surface area contributed by atoms with E-state index in [0.29, 0.717) is 6.04 Å². The van der Waals surface area contributed by atoms with Gasteiger partial charge in [0.25, 0.3) is 0 Å². The Balaban J connectivity index is 1.69. The van der Waals surface area contributed by atoms with Gasteiger partial charge in [0.05, 0.1) is 0 Å². The lowest BCUT2D eigenvalue weighted by Crippen LogP contribution is -2.39. The molecule has 3 nitrogen and oxygen atoms in total. The van der Waals surface area contributed by atoms with Crippen molar-refractivity contribution in [3.05, 3.63) is 23.7 Å². The van der Waals surface area contributed by atoms with Crippen molar-refractivity contribution in [3.8, 4) is 0 Å². The van der Waals surface area contributed by atoms with E-state index < -0.39 is 0 Å². The van der Waals surface area contributed by atoms with Gasteiger partial charge in [-0.2, -0.15) is 0 Å². The summed E-state index contributed by atoms with van der Waals surface area (Å²) < 4.78 is 1.30. The summed E-state index contributed by atoms with van der Waals surface area (Å²) in [5.41, 5.74) is 0. The van der Waals surface area contributed by atoms with Gasteiger partial charge in [-0.25, -0.2) is 4.98 Å². The first kappa shape index (κ1) is 11.0. The Kier molecular flexibility index (Phi) is 3.25. The minimum absolute atomic E-state index is 0.597. The number of piperidine rings is 1. The molecule has 0 aromatic carbocycles. The first-order valence-corrected chi connectivity index (χ1v) is 7.11. The summed E-state index contributed by atoms with van der Waals surface area (Å²) >= 11 is 1.77. The van der Waals surface area contributed by atoms with Crippen molar-refractivity contribution >= 4 is 27.2 Å². The third kappa shape index (κ3) is 2.42.